The number of ether oxygens (including phenoxy) is 1. The van der Waals surface area contributed by atoms with Gasteiger partial charge in [-0.15, -0.1) is 10.2 Å². The maximum atomic E-state index is 13.8. The van der Waals surface area contributed by atoms with Crippen molar-refractivity contribution in [3.63, 3.8) is 0 Å². The fourth-order valence-electron chi connectivity index (χ4n) is 4.97. The Hall–Kier alpha value is -4.38. The Balaban J connectivity index is 1.63. The third-order valence-corrected chi connectivity index (χ3v) is 6.97. The van der Waals surface area contributed by atoms with Crippen LogP contribution in [0.3, 0.4) is 0 Å². The molecule has 0 saturated heterocycles. The fourth-order valence-corrected chi connectivity index (χ4v) is 4.97. The number of nitrogens with one attached hydrogen (secondary N) is 1. The third kappa shape index (κ3) is 5.00. The zero-order valence-electron chi connectivity index (χ0n) is 23.7. The molecule has 5 aromatic rings. The van der Waals surface area contributed by atoms with Gasteiger partial charge < -0.3 is 9.30 Å². The number of imidazole rings is 1. The van der Waals surface area contributed by atoms with Crippen LogP contribution in [0.5, 0.6) is 0 Å². The Morgan fingerprint density at radius 2 is 1.70 bits per heavy atom. The zero-order chi connectivity index (χ0) is 28.6. The van der Waals surface area contributed by atoms with E-state index in [4.69, 9.17) is 9.72 Å². The van der Waals surface area contributed by atoms with Crippen LogP contribution >= 0.6 is 0 Å². The van der Waals surface area contributed by atoms with E-state index >= 15 is 0 Å². The maximum Gasteiger partial charge on any atom is 0.334 e. The summed E-state index contributed by atoms with van der Waals surface area (Å²) in [6.45, 7) is 10.8. The van der Waals surface area contributed by atoms with Crippen molar-refractivity contribution in [2.24, 2.45) is 5.41 Å². The Kier molecular flexibility index (Phi) is 7.24. The van der Waals surface area contributed by atoms with E-state index in [1.54, 1.807) is 11.5 Å². The first-order valence-corrected chi connectivity index (χ1v) is 13.3. The first-order valence-electron chi connectivity index (χ1n) is 13.3. The van der Waals surface area contributed by atoms with E-state index in [0.29, 0.717) is 36.5 Å². The molecule has 1 N–H and O–H groups in total. The minimum absolute atomic E-state index is 0.0853. The van der Waals surface area contributed by atoms with E-state index in [1.807, 2.05) is 60.0 Å². The van der Waals surface area contributed by atoms with Crippen LogP contribution in [0.1, 0.15) is 52.2 Å². The summed E-state index contributed by atoms with van der Waals surface area (Å²) in [5, 5.41) is 14.5. The highest BCUT2D eigenvalue weighted by Gasteiger charge is 2.25. The van der Waals surface area contributed by atoms with Crippen molar-refractivity contribution >= 4 is 11.2 Å². The number of H-pyrrole nitrogens is 1. The van der Waals surface area contributed by atoms with Crippen molar-refractivity contribution in [1.82, 2.24) is 39.3 Å². The molecule has 2 aromatic carbocycles. The zero-order valence-corrected chi connectivity index (χ0v) is 23.7. The summed E-state index contributed by atoms with van der Waals surface area (Å²) in [6.07, 6.45) is -0.0789. The molecule has 0 amide bonds. The lowest BCUT2D eigenvalue weighted by Crippen LogP contribution is -2.42. The second-order valence-electron chi connectivity index (χ2n) is 11.0. The van der Waals surface area contributed by atoms with Crippen LogP contribution < -0.4 is 11.2 Å². The number of rotatable bonds is 8. The van der Waals surface area contributed by atoms with Gasteiger partial charge in [-0.05, 0) is 41.2 Å². The minimum Gasteiger partial charge on any atom is -0.361 e. The molecule has 0 radical (unpaired) electrons. The number of aromatic nitrogens is 8. The van der Waals surface area contributed by atoms with Crippen LogP contribution in [-0.2, 0) is 24.2 Å². The third-order valence-electron chi connectivity index (χ3n) is 6.97. The summed E-state index contributed by atoms with van der Waals surface area (Å²) in [7, 11) is 1.48. The van der Waals surface area contributed by atoms with Gasteiger partial charge in [-0.1, -0.05) is 69.3 Å². The molecule has 5 rings (SSSR count). The summed E-state index contributed by atoms with van der Waals surface area (Å²) in [5.74, 6) is 1.29. The van der Waals surface area contributed by atoms with Gasteiger partial charge in [0.25, 0.3) is 5.56 Å². The molecule has 0 aliphatic rings. The second-order valence-corrected chi connectivity index (χ2v) is 11.0. The molecular weight excluding hydrogens is 508 g/mol. The van der Waals surface area contributed by atoms with Crippen molar-refractivity contribution in [2.75, 3.05) is 7.11 Å². The largest absolute Gasteiger partial charge is 0.361 e. The van der Waals surface area contributed by atoms with Crippen molar-refractivity contribution in [3.8, 4) is 22.5 Å². The summed E-state index contributed by atoms with van der Waals surface area (Å²) in [4.78, 5) is 31.9. The van der Waals surface area contributed by atoms with Crippen molar-refractivity contribution in [3.05, 3.63) is 80.8 Å². The number of nitrogens with zero attached hydrogens (tertiary/aromatic N) is 7. The number of benzene rings is 2. The average Bonchev–Trinajstić information content (AvgIpc) is 3.57. The van der Waals surface area contributed by atoms with Crippen LogP contribution in [0.25, 0.3) is 33.7 Å². The van der Waals surface area contributed by atoms with Crippen LogP contribution in [-0.4, -0.2) is 46.4 Å². The van der Waals surface area contributed by atoms with E-state index in [-0.39, 0.29) is 5.41 Å². The van der Waals surface area contributed by atoms with E-state index in [0.717, 1.165) is 28.1 Å². The van der Waals surface area contributed by atoms with Crippen LogP contribution in [0.4, 0.5) is 0 Å². The molecule has 3 heterocycles. The van der Waals surface area contributed by atoms with Crippen LogP contribution in [0.2, 0.25) is 0 Å². The highest BCUT2D eigenvalue weighted by atomic mass is 16.5. The predicted octanol–water partition coefficient (Wildman–Crippen LogP) is 4.03. The molecule has 0 aliphatic carbocycles. The second kappa shape index (κ2) is 10.6. The number of hydrogen-bond donors (Lipinski definition) is 1. The number of fused-ring (bicyclic) bond motifs is 1. The standard InChI is InChI=1S/C29H34N8O3/c1-7-35-26-24(27(38)37(28(35)39)18(2)40-6)36(23(30-26)16-29(3,4)5)17-19-12-14-20(15-13-19)21-10-8-9-11-22(21)25-31-33-34-32-25/h8-15,18H,7,16-17H2,1-6H3,(H,31,32,33,34). The number of aryl methyl sites for hydroxylation is 1. The van der Waals surface area contributed by atoms with Crippen LogP contribution in [0.15, 0.2) is 58.1 Å². The van der Waals surface area contributed by atoms with E-state index in [2.05, 4.69) is 41.4 Å². The molecule has 0 aliphatic heterocycles. The van der Waals surface area contributed by atoms with Gasteiger partial charge in [0.15, 0.2) is 11.2 Å². The summed E-state index contributed by atoms with van der Waals surface area (Å²) in [6, 6.07) is 16.1. The Bertz CT molecular complexity index is 1760. The minimum atomic E-state index is -0.713. The maximum absolute atomic E-state index is 13.8. The fraction of sp³-hybridized carbons (Fsp3) is 0.379. The highest BCUT2D eigenvalue weighted by molar-refractivity contribution is 5.80. The van der Waals surface area contributed by atoms with Crippen LogP contribution in [0, 0.1) is 5.41 Å². The van der Waals surface area contributed by atoms with Gasteiger partial charge >= 0.3 is 5.69 Å². The molecule has 1 unspecified atom stereocenters. The number of tetrazole rings is 1. The first-order chi connectivity index (χ1) is 19.1. The van der Waals surface area contributed by atoms with Crippen molar-refractivity contribution in [2.45, 2.75) is 60.4 Å². The molecule has 40 heavy (non-hydrogen) atoms. The number of aromatic amines is 1. The van der Waals surface area contributed by atoms with Gasteiger partial charge in [-0.25, -0.2) is 14.3 Å². The monoisotopic (exact) mass is 542 g/mol. The first kappa shape index (κ1) is 27.2. The normalized spacial score (nSPS) is 12.8. The molecule has 3 aromatic heterocycles. The van der Waals surface area contributed by atoms with Gasteiger partial charge in [0, 0.05) is 32.2 Å². The quantitative estimate of drug-likeness (QED) is 0.314. The number of hydrogen-bond acceptors (Lipinski definition) is 7. The molecule has 208 valence electrons. The topological polar surface area (TPSA) is 126 Å². The smallest absolute Gasteiger partial charge is 0.334 e. The van der Waals surface area contributed by atoms with E-state index in [9.17, 15) is 9.59 Å². The van der Waals surface area contributed by atoms with Gasteiger partial charge in [0.1, 0.15) is 12.1 Å². The Morgan fingerprint density at radius 3 is 2.30 bits per heavy atom. The average molecular weight is 543 g/mol. The number of methoxy groups -OCH3 is 1. The van der Waals surface area contributed by atoms with E-state index < -0.39 is 17.5 Å². The summed E-state index contributed by atoms with van der Waals surface area (Å²) < 4.78 is 10.1. The predicted molar refractivity (Wildman–Crippen MR) is 153 cm³/mol. The molecule has 0 spiro atoms. The SMILES string of the molecule is CCn1c(=O)n(C(C)OC)c(=O)c2c1nc(CC(C)(C)C)n2Cc1ccc(-c2ccccc2-c2nn[nH]n2)cc1. The molecule has 0 bridgehead atoms. The van der Waals surface area contributed by atoms with Crippen molar-refractivity contribution < 1.29 is 4.74 Å². The molecular formula is C29H34N8O3. The Morgan fingerprint density at radius 1 is 1.00 bits per heavy atom. The van der Waals surface area contributed by atoms with Gasteiger partial charge in [0.05, 0.1) is 0 Å². The lowest BCUT2D eigenvalue weighted by Gasteiger charge is -2.19. The summed E-state index contributed by atoms with van der Waals surface area (Å²) in [5.41, 5.74) is 3.75. The Labute approximate surface area is 231 Å². The van der Waals surface area contributed by atoms with Crippen molar-refractivity contribution in [1.29, 1.82) is 0 Å². The summed E-state index contributed by atoms with van der Waals surface area (Å²) >= 11 is 0. The lowest BCUT2D eigenvalue weighted by molar-refractivity contribution is 0.0531. The molecule has 1 atom stereocenters. The lowest BCUT2D eigenvalue weighted by atomic mass is 9.92. The van der Waals surface area contributed by atoms with Gasteiger partial charge in [-0.2, -0.15) is 5.21 Å². The molecule has 0 fully saturated rings. The van der Waals surface area contributed by atoms with E-state index in [1.165, 1.54) is 11.7 Å². The molecule has 0 saturated carbocycles. The molecule has 11 heteroatoms. The van der Waals surface area contributed by atoms with Gasteiger partial charge in [-0.3, -0.25) is 9.36 Å². The highest BCUT2D eigenvalue weighted by Crippen LogP contribution is 2.30. The van der Waals surface area contributed by atoms with Gasteiger partial charge in [0.2, 0.25) is 5.82 Å². The molecule has 11 nitrogen and oxygen atoms in total.